The predicted octanol–water partition coefficient (Wildman–Crippen LogP) is 3.97. The Balaban J connectivity index is 2.16. The van der Waals surface area contributed by atoms with E-state index in [-0.39, 0.29) is 5.82 Å². The first kappa shape index (κ1) is 14.7. The molecule has 110 valence electrons. The summed E-state index contributed by atoms with van der Waals surface area (Å²) < 4.78 is 15.9. The monoisotopic (exact) mass is 359 g/mol. The molecule has 3 rings (SSSR count). The van der Waals surface area contributed by atoms with Crippen molar-refractivity contribution in [3.63, 3.8) is 0 Å². The molecule has 0 amide bonds. The molecular weight excluding hydrogens is 349 g/mol. The van der Waals surface area contributed by atoms with Crippen molar-refractivity contribution in [2.24, 2.45) is 0 Å². The molecule has 1 aromatic heterocycles. The van der Waals surface area contributed by atoms with Gasteiger partial charge < -0.3 is 4.57 Å². The highest BCUT2D eigenvalue weighted by molar-refractivity contribution is 9.10. The van der Waals surface area contributed by atoms with E-state index in [2.05, 4.69) is 15.9 Å². The van der Waals surface area contributed by atoms with E-state index >= 15 is 0 Å². The minimum Gasteiger partial charge on any atom is -0.342 e. The largest absolute Gasteiger partial charge is 0.342 e. The Hall–Kier alpha value is -2.27. The second kappa shape index (κ2) is 5.85. The van der Waals surface area contributed by atoms with E-state index in [4.69, 9.17) is 0 Å². The second-order valence-corrected chi connectivity index (χ2v) is 5.77. The maximum Gasteiger partial charge on any atom is 0.227 e. The number of halogens is 2. The van der Waals surface area contributed by atoms with Gasteiger partial charge >= 0.3 is 0 Å². The fourth-order valence-corrected chi connectivity index (χ4v) is 3.09. The third-order valence-corrected chi connectivity index (χ3v) is 4.13. The minimum atomic E-state index is -0.574. The third-order valence-electron chi connectivity index (χ3n) is 3.47. The summed E-state index contributed by atoms with van der Waals surface area (Å²) in [4.78, 5) is 22.7. The molecule has 3 aromatic rings. The Bertz CT molecular complexity index is 885. The number of carbonyl (C=O) groups excluding carboxylic acids is 2. The molecule has 0 saturated carbocycles. The van der Waals surface area contributed by atoms with Gasteiger partial charge in [0, 0.05) is 22.6 Å². The van der Waals surface area contributed by atoms with Gasteiger partial charge in [0.05, 0.1) is 11.1 Å². The zero-order valence-corrected chi connectivity index (χ0v) is 13.0. The van der Waals surface area contributed by atoms with Crippen LogP contribution in [-0.2, 0) is 11.3 Å². The second-order valence-electron chi connectivity index (χ2n) is 4.92. The van der Waals surface area contributed by atoms with Gasteiger partial charge in [0.1, 0.15) is 5.82 Å². The number of aldehydes is 1. The molecule has 0 spiro atoms. The van der Waals surface area contributed by atoms with Crippen molar-refractivity contribution < 1.29 is 14.0 Å². The number of aromatic nitrogens is 1. The first-order chi connectivity index (χ1) is 10.6. The molecule has 0 radical (unpaired) electrons. The van der Waals surface area contributed by atoms with Gasteiger partial charge in [-0.2, -0.15) is 0 Å². The Morgan fingerprint density at radius 2 is 2.00 bits per heavy atom. The molecule has 0 saturated heterocycles. The molecule has 0 fully saturated rings. The summed E-state index contributed by atoms with van der Waals surface area (Å²) in [5.41, 5.74) is 1.93. The number of carbonyl (C=O) groups is 2. The van der Waals surface area contributed by atoms with E-state index in [1.807, 2.05) is 28.8 Å². The molecule has 0 unspecified atom stereocenters. The Morgan fingerprint density at radius 1 is 1.23 bits per heavy atom. The molecule has 5 heteroatoms. The van der Waals surface area contributed by atoms with Crippen molar-refractivity contribution in [1.29, 1.82) is 0 Å². The standard InChI is InChI=1S/C17H11BrFNO2/c18-14-5-2-6-15-17(14)13(16(22)10-21)9-20(15)8-11-3-1-4-12(19)7-11/h1-7,9-10H,8H2. The van der Waals surface area contributed by atoms with Gasteiger partial charge in [-0.15, -0.1) is 0 Å². The van der Waals surface area contributed by atoms with Crippen LogP contribution in [0.15, 0.2) is 53.1 Å². The topological polar surface area (TPSA) is 39.1 Å². The Morgan fingerprint density at radius 3 is 2.73 bits per heavy atom. The smallest absolute Gasteiger partial charge is 0.227 e. The zero-order chi connectivity index (χ0) is 15.7. The average molecular weight is 360 g/mol. The van der Waals surface area contributed by atoms with Crippen LogP contribution in [-0.4, -0.2) is 16.6 Å². The van der Waals surface area contributed by atoms with Crippen LogP contribution < -0.4 is 0 Å². The molecule has 3 nitrogen and oxygen atoms in total. The highest BCUT2D eigenvalue weighted by Gasteiger charge is 2.16. The maximum absolute atomic E-state index is 13.3. The quantitative estimate of drug-likeness (QED) is 0.401. The fraction of sp³-hybridized carbons (Fsp3) is 0.0588. The number of hydrogen-bond acceptors (Lipinski definition) is 2. The molecule has 0 bridgehead atoms. The van der Waals surface area contributed by atoms with Gasteiger partial charge in [-0.3, -0.25) is 9.59 Å². The van der Waals surface area contributed by atoms with E-state index in [1.165, 1.54) is 12.1 Å². The van der Waals surface area contributed by atoms with E-state index in [0.717, 1.165) is 15.6 Å². The van der Waals surface area contributed by atoms with Gasteiger partial charge in [0.15, 0.2) is 6.29 Å². The number of nitrogens with zero attached hydrogens (tertiary/aromatic N) is 1. The third kappa shape index (κ3) is 2.60. The van der Waals surface area contributed by atoms with Crippen LogP contribution in [0.2, 0.25) is 0 Å². The van der Waals surface area contributed by atoms with Gasteiger partial charge in [-0.25, -0.2) is 4.39 Å². The summed E-state index contributed by atoms with van der Waals surface area (Å²) in [7, 11) is 0. The highest BCUT2D eigenvalue weighted by Crippen LogP contribution is 2.29. The summed E-state index contributed by atoms with van der Waals surface area (Å²) in [6, 6.07) is 11.8. The lowest BCUT2D eigenvalue weighted by molar-refractivity contribution is -0.104. The van der Waals surface area contributed by atoms with E-state index < -0.39 is 5.78 Å². The molecule has 0 N–H and O–H groups in total. The molecular formula is C17H11BrFNO2. The number of benzene rings is 2. The summed E-state index contributed by atoms with van der Waals surface area (Å²) in [6.07, 6.45) is 1.94. The van der Waals surface area contributed by atoms with Gasteiger partial charge in [-0.1, -0.05) is 34.1 Å². The van der Waals surface area contributed by atoms with Gasteiger partial charge in [0.2, 0.25) is 5.78 Å². The fourth-order valence-electron chi connectivity index (χ4n) is 2.52. The van der Waals surface area contributed by atoms with Crippen LogP contribution >= 0.6 is 15.9 Å². The molecule has 2 aromatic carbocycles. The number of Topliss-reactive ketones (excluding diaryl/α,β-unsaturated/α-hetero) is 1. The number of ketones is 1. The van der Waals surface area contributed by atoms with Gasteiger partial charge in [0.25, 0.3) is 0 Å². The van der Waals surface area contributed by atoms with Crippen LogP contribution in [0.5, 0.6) is 0 Å². The number of fused-ring (bicyclic) bond motifs is 1. The summed E-state index contributed by atoms with van der Waals surface area (Å²) in [5.74, 6) is -0.880. The molecule has 0 aliphatic carbocycles. The van der Waals surface area contributed by atoms with Crippen LogP contribution in [0.25, 0.3) is 10.9 Å². The molecule has 22 heavy (non-hydrogen) atoms. The van der Waals surface area contributed by atoms with Crippen molar-refractivity contribution in [3.05, 3.63) is 70.1 Å². The Kier molecular flexibility index (Phi) is 3.90. The molecule has 0 atom stereocenters. The lowest BCUT2D eigenvalue weighted by atomic mass is 10.1. The van der Waals surface area contributed by atoms with Crippen LogP contribution in [0.1, 0.15) is 15.9 Å². The molecule has 0 aliphatic heterocycles. The predicted molar refractivity (Wildman–Crippen MR) is 85.5 cm³/mol. The number of rotatable bonds is 4. The Labute approximate surface area is 134 Å². The lowest BCUT2D eigenvalue weighted by Gasteiger charge is -2.06. The zero-order valence-electron chi connectivity index (χ0n) is 11.4. The lowest BCUT2D eigenvalue weighted by Crippen LogP contribution is -2.00. The van der Waals surface area contributed by atoms with Crippen molar-refractivity contribution >= 4 is 38.9 Å². The van der Waals surface area contributed by atoms with E-state index in [0.29, 0.717) is 23.8 Å². The SMILES string of the molecule is O=CC(=O)c1cn(Cc2cccc(F)c2)c2cccc(Br)c12. The van der Waals surface area contributed by atoms with E-state index in [1.54, 1.807) is 12.3 Å². The van der Waals surface area contributed by atoms with Crippen LogP contribution in [0.3, 0.4) is 0 Å². The van der Waals surface area contributed by atoms with Crippen molar-refractivity contribution in [3.8, 4) is 0 Å². The maximum atomic E-state index is 13.3. The summed E-state index contributed by atoms with van der Waals surface area (Å²) in [6.45, 7) is 0.414. The minimum absolute atomic E-state index is 0.306. The average Bonchev–Trinajstić information content (AvgIpc) is 2.87. The molecule has 0 aliphatic rings. The normalized spacial score (nSPS) is 10.8. The summed E-state index contributed by atoms with van der Waals surface area (Å²) in [5, 5.41) is 0.691. The van der Waals surface area contributed by atoms with Crippen molar-refractivity contribution in [2.75, 3.05) is 0 Å². The van der Waals surface area contributed by atoms with Crippen molar-refractivity contribution in [2.45, 2.75) is 6.54 Å². The van der Waals surface area contributed by atoms with Crippen molar-refractivity contribution in [1.82, 2.24) is 4.57 Å². The first-order valence-corrected chi connectivity index (χ1v) is 7.41. The first-order valence-electron chi connectivity index (χ1n) is 6.61. The van der Waals surface area contributed by atoms with Gasteiger partial charge in [-0.05, 0) is 29.8 Å². The van der Waals surface area contributed by atoms with E-state index in [9.17, 15) is 14.0 Å². The molecule has 1 heterocycles. The highest BCUT2D eigenvalue weighted by atomic mass is 79.9. The van der Waals surface area contributed by atoms with Crippen LogP contribution in [0, 0.1) is 5.82 Å². The summed E-state index contributed by atoms with van der Waals surface area (Å²) >= 11 is 3.41. The van der Waals surface area contributed by atoms with Crippen LogP contribution in [0.4, 0.5) is 4.39 Å². The number of hydrogen-bond donors (Lipinski definition) is 0.